The summed E-state index contributed by atoms with van der Waals surface area (Å²) >= 11 is 0. The SMILES string of the molecule is CCCN1CCC(CNC(=NC)NC(C)COC)C1.I. The van der Waals surface area contributed by atoms with E-state index in [2.05, 4.69) is 34.4 Å². The maximum atomic E-state index is 5.12. The fourth-order valence-electron chi connectivity index (χ4n) is 2.56. The molecule has 5 nitrogen and oxygen atoms in total. The van der Waals surface area contributed by atoms with Gasteiger partial charge < -0.3 is 20.3 Å². The molecule has 1 saturated heterocycles. The number of aliphatic imine (C=N–C) groups is 1. The molecule has 20 heavy (non-hydrogen) atoms. The van der Waals surface area contributed by atoms with Gasteiger partial charge in [0.15, 0.2) is 5.96 Å². The molecular formula is C14H31IN4O. The number of ether oxygens (including phenoxy) is 1. The normalized spacial score (nSPS) is 21.4. The minimum absolute atomic E-state index is 0. The lowest BCUT2D eigenvalue weighted by molar-refractivity contribution is 0.179. The summed E-state index contributed by atoms with van der Waals surface area (Å²) in [6.45, 7) is 9.71. The molecule has 0 spiro atoms. The van der Waals surface area contributed by atoms with Gasteiger partial charge in [-0.15, -0.1) is 24.0 Å². The highest BCUT2D eigenvalue weighted by Gasteiger charge is 2.21. The average molecular weight is 398 g/mol. The van der Waals surface area contributed by atoms with Gasteiger partial charge in [0.05, 0.1) is 6.61 Å². The van der Waals surface area contributed by atoms with E-state index in [-0.39, 0.29) is 30.0 Å². The minimum atomic E-state index is 0. The van der Waals surface area contributed by atoms with Crippen molar-refractivity contribution in [1.29, 1.82) is 0 Å². The first-order chi connectivity index (χ1) is 9.19. The van der Waals surface area contributed by atoms with E-state index in [1.54, 1.807) is 7.11 Å². The lowest BCUT2D eigenvalue weighted by atomic mass is 10.1. The zero-order valence-corrected chi connectivity index (χ0v) is 15.6. The Labute approximate surface area is 140 Å². The van der Waals surface area contributed by atoms with Crippen molar-refractivity contribution in [3.8, 4) is 0 Å². The van der Waals surface area contributed by atoms with Crippen molar-refractivity contribution in [2.45, 2.75) is 32.7 Å². The number of guanidine groups is 1. The summed E-state index contributed by atoms with van der Waals surface area (Å²) in [7, 11) is 3.53. The number of hydrogen-bond acceptors (Lipinski definition) is 3. The van der Waals surface area contributed by atoms with E-state index in [9.17, 15) is 0 Å². The molecule has 0 radical (unpaired) electrons. The van der Waals surface area contributed by atoms with Crippen LogP contribution in [0.25, 0.3) is 0 Å². The van der Waals surface area contributed by atoms with E-state index in [1.165, 1.54) is 32.5 Å². The van der Waals surface area contributed by atoms with Crippen molar-refractivity contribution in [1.82, 2.24) is 15.5 Å². The first kappa shape index (κ1) is 19.9. The average Bonchev–Trinajstić information content (AvgIpc) is 2.83. The van der Waals surface area contributed by atoms with E-state index in [0.717, 1.165) is 18.4 Å². The number of halogens is 1. The van der Waals surface area contributed by atoms with Gasteiger partial charge in [-0.05, 0) is 38.8 Å². The zero-order chi connectivity index (χ0) is 14.1. The molecule has 1 fully saturated rings. The largest absolute Gasteiger partial charge is 0.383 e. The van der Waals surface area contributed by atoms with E-state index in [1.807, 2.05) is 7.05 Å². The second kappa shape index (κ2) is 11.6. The third-order valence-corrected chi connectivity index (χ3v) is 3.49. The molecule has 1 rings (SSSR count). The summed E-state index contributed by atoms with van der Waals surface area (Å²) in [5.74, 6) is 1.61. The molecule has 2 atom stereocenters. The predicted molar refractivity (Wildman–Crippen MR) is 96.1 cm³/mol. The van der Waals surface area contributed by atoms with Crippen molar-refractivity contribution in [2.24, 2.45) is 10.9 Å². The second-order valence-corrected chi connectivity index (χ2v) is 5.41. The van der Waals surface area contributed by atoms with Gasteiger partial charge in [-0.2, -0.15) is 0 Å². The first-order valence-corrected chi connectivity index (χ1v) is 7.38. The number of rotatable bonds is 7. The number of nitrogens with zero attached hydrogens (tertiary/aromatic N) is 2. The number of hydrogen-bond donors (Lipinski definition) is 2. The van der Waals surface area contributed by atoms with Crippen LogP contribution < -0.4 is 10.6 Å². The van der Waals surface area contributed by atoms with Crippen LogP contribution >= 0.6 is 24.0 Å². The Balaban J connectivity index is 0.00000361. The first-order valence-electron chi connectivity index (χ1n) is 7.38. The summed E-state index contributed by atoms with van der Waals surface area (Å²) in [5, 5.41) is 6.75. The monoisotopic (exact) mass is 398 g/mol. The third kappa shape index (κ3) is 7.64. The van der Waals surface area contributed by atoms with Crippen molar-refractivity contribution < 1.29 is 4.74 Å². The molecule has 0 amide bonds. The Morgan fingerprint density at radius 3 is 2.85 bits per heavy atom. The highest BCUT2D eigenvalue weighted by molar-refractivity contribution is 14.0. The van der Waals surface area contributed by atoms with Crippen LogP contribution in [0, 0.1) is 5.92 Å². The molecule has 1 aliphatic rings. The van der Waals surface area contributed by atoms with Gasteiger partial charge in [0, 0.05) is 33.3 Å². The summed E-state index contributed by atoms with van der Waals surface area (Å²) in [6.07, 6.45) is 2.54. The molecule has 1 aliphatic heterocycles. The van der Waals surface area contributed by atoms with Crippen LogP contribution in [0.4, 0.5) is 0 Å². The summed E-state index contributed by atoms with van der Waals surface area (Å²) < 4.78 is 5.12. The number of methoxy groups -OCH3 is 1. The van der Waals surface area contributed by atoms with Gasteiger partial charge in [-0.25, -0.2) is 0 Å². The number of nitrogens with one attached hydrogen (secondary N) is 2. The van der Waals surface area contributed by atoms with E-state index >= 15 is 0 Å². The molecule has 0 aromatic carbocycles. The quantitative estimate of drug-likeness (QED) is 0.388. The fraction of sp³-hybridized carbons (Fsp3) is 0.929. The van der Waals surface area contributed by atoms with Gasteiger partial charge in [-0.1, -0.05) is 6.92 Å². The molecular weight excluding hydrogens is 367 g/mol. The molecule has 0 saturated carbocycles. The Morgan fingerprint density at radius 1 is 1.50 bits per heavy atom. The Hall–Kier alpha value is -0.0800. The molecule has 2 N–H and O–H groups in total. The lowest BCUT2D eigenvalue weighted by Crippen LogP contribution is -2.45. The van der Waals surface area contributed by atoms with Gasteiger partial charge in [0.2, 0.25) is 0 Å². The van der Waals surface area contributed by atoms with Crippen molar-refractivity contribution in [3.05, 3.63) is 0 Å². The van der Waals surface area contributed by atoms with E-state index < -0.39 is 0 Å². The van der Waals surface area contributed by atoms with Crippen LogP contribution in [0.3, 0.4) is 0 Å². The summed E-state index contributed by atoms with van der Waals surface area (Å²) in [4.78, 5) is 6.80. The van der Waals surface area contributed by atoms with Gasteiger partial charge >= 0.3 is 0 Å². The molecule has 120 valence electrons. The highest BCUT2D eigenvalue weighted by atomic mass is 127. The number of likely N-dealkylation sites (tertiary alicyclic amines) is 1. The van der Waals surface area contributed by atoms with E-state index in [0.29, 0.717) is 6.61 Å². The van der Waals surface area contributed by atoms with Crippen molar-refractivity contribution in [3.63, 3.8) is 0 Å². The molecule has 0 bridgehead atoms. The van der Waals surface area contributed by atoms with Gasteiger partial charge in [-0.3, -0.25) is 4.99 Å². The van der Waals surface area contributed by atoms with Gasteiger partial charge in [0.1, 0.15) is 0 Å². The third-order valence-electron chi connectivity index (χ3n) is 3.49. The lowest BCUT2D eigenvalue weighted by Gasteiger charge is -2.19. The molecule has 0 aromatic rings. The molecule has 6 heteroatoms. The summed E-state index contributed by atoms with van der Waals surface area (Å²) in [5.41, 5.74) is 0. The second-order valence-electron chi connectivity index (χ2n) is 5.41. The molecule has 0 aromatic heterocycles. The van der Waals surface area contributed by atoms with Crippen molar-refractivity contribution >= 4 is 29.9 Å². The van der Waals surface area contributed by atoms with Crippen LogP contribution in [-0.2, 0) is 4.74 Å². The molecule has 1 heterocycles. The molecule has 2 unspecified atom stereocenters. The van der Waals surface area contributed by atoms with Crippen molar-refractivity contribution in [2.75, 3.05) is 46.9 Å². The standard InChI is InChI=1S/C14H30N4O.HI/c1-5-7-18-8-6-13(10-18)9-16-14(15-3)17-12(2)11-19-4;/h12-13H,5-11H2,1-4H3,(H2,15,16,17);1H. The van der Waals surface area contributed by atoms with Crippen LogP contribution in [0.15, 0.2) is 4.99 Å². The fourth-order valence-corrected chi connectivity index (χ4v) is 2.56. The van der Waals surface area contributed by atoms with Crippen LogP contribution in [-0.4, -0.2) is 63.8 Å². The molecule has 0 aliphatic carbocycles. The Bertz CT molecular complexity index is 276. The highest BCUT2D eigenvalue weighted by Crippen LogP contribution is 2.15. The smallest absolute Gasteiger partial charge is 0.191 e. The topological polar surface area (TPSA) is 48.9 Å². The Morgan fingerprint density at radius 2 is 2.25 bits per heavy atom. The van der Waals surface area contributed by atoms with Gasteiger partial charge in [0.25, 0.3) is 0 Å². The minimum Gasteiger partial charge on any atom is -0.383 e. The van der Waals surface area contributed by atoms with Crippen LogP contribution in [0.2, 0.25) is 0 Å². The van der Waals surface area contributed by atoms with Crippen LogP contribution in [0.1, 0.15) is 26.7 Å². The zero-order valence-electron chi connectivity index (χ0n) is 13.3. The Kier molecular flexibility index (Phi) is 11.5. The van der Waals surface area contributed by atoms with Crippen LogP contribution in [0.5, 0.6) is 0 Å². The summed E-state index contributed by atoms with van der Waals surface area (Å²) in [6, 6.07) is 0.274. The predicted octanol–water partition coefficient (Wildman–Crippen LogP) is 1.54. The van der Waals surface area contributed by atoms with E-state index in [4.69, 9.17) is 4.74 Å². The maximum absolute atomic E-state index is 5.12. The maximum Gasteiger partial charge on any atom is 0.191 e.